The first kappa shape index (κ1) is 16.4. The first-order chi connectivity index (χ1) is 11.9. The third kappa shape index (κ3) is 2.42. The molecule has 4 rings (SSSR count). The summed E-state index contributed by atoms with van der Waals surface area (Å²) in [5, 5.41) is 10.8. The lowest BCUT2D eigenvalue weighted by molar-refractivity contribution is -0.152. The van der Waals surface area contributed by atoms with Crippen LogP contribution in [0.25, 0.3) is 0 Å². The van der Waals surface area contributed by atoms with Crippen LogP contribution in [0, 0.1) is 17.8 Å². The quantitative estimate of drug-likeness (QED) is 0.356. The molecule has 0 aromatic heterocycles. The Labute approximate surface area is 146 Å². The first-order valence-electron chi connectivity index (χ1n) is 8.75. The molecular weight excluding hydrogens is 324 g/mol. The van der Waals surface area contributed by atoms with Gasteiger partial charge in [0.15, 0.2) is 0 Å². The molecule has 4 aliphatic rings. The van der Waals surface area contributed by atoms with Crippen molar-refractivity contribution in [2.24, 2.45) is 17.8 Å². The highest BCUT2D eigenvalue weighted by Gasteiger charge is 2.55. The number of carbonyl (C=O) groups excluding carboxylic acids is 2. The van der Waals surface area contributed by atoms with Gasteiger partial charge < -0.3 is 19.3 Å². The SMILES string of the molecule is CC1=C[C@H](O/C=C2/C(=O)O[C@@H]3C4=C(CCC(C)C4C)[C@@H](O)[C@H]23)OC1=O. The number of aliphatic hydroxyl groups excluding tert-OH is 1. The predicted molar refractivity (Wildman–Crippen MR) is 86.8 cm³/mol. The van der Waals surface area contributed by atoms with Crippen LogP contribution in [0.15, 0.2) is 34.6 Å². The lowest BCUT2D eigenvalue weighted by atomic mass is 9.77. The average molecular weight is 346 g/mol. The molecule has 2 heterocycles. The molecule has 0 aromatic carbocycles. The van der Waals surface area contributed by atoms with Gasteiger partial charge in [0.2, 0.25) is 0 Å². The Morgan fingerprint density at radius 3 is 2.68 bits per heavy atom. The number of fused-ring (bicyclic) bond motifs is 2. The summed E-state index contributed by atoms with van der Waals surface area (Å²) >= 11 is 0. The van der Waals surface area contributed by atoms with Crippen LogP contribution in [0.5, 0.6) is 0 Å². The molecule has 6 heteroatoms. The number of esters is 2. The molecule has 0 saturated carbocycles. The summed E-state index contributed by atoms with van der Waals surface area (Å²) in [5.74, 6) is -0.568. The van der Waals surface area contributed by atoms with E-state index in [1.165, 1.54) is 6.26 Å². The van der Waals surface area contributed by atoms with E-state index in [0.717, 1.165) is 24.0 Å². The minimum atomic E-state index is -0.841. The molecule has 6 atom stereocenters. The van der Waals surface area contributed by atoms with Crippen molar-refractivity contribution in [1.29, 1.82) is 0 Å². The Morgan fingerprint density at radius 1 is 1.24 bits per heavy atom. The lowest BCUT2D eigenvalue weighted by Crippen LogP contribution is -2.25. The molecule has 1 fully saturated rings. The summed E-state index contributed by atoms with van der Waals surface area (Å²) in [5.41, 5.74) is 2.87. The summed E-state index contributed by atoms with van der Waals surface area (Å²) < 4.78 is 16.0. The van der Waals surface area contributed by atoms with Crippen LogP contribution >= 0.6 is 0 Å². The van der Waals surface area contributed by atoms with Crippen LogP contribution in [-0.4, -0.2) is 35.5 Å². The van der Waals surface area contributed by atoms with Crippen molar-refractivity contribution in [3.63, 3.8) is 0 Å². The molecule has 0 amide bonds. The summed E-state index contributed by atoms with van der Waals surface area (Å²) in [4.78, 5) is 23.7. The van der Waals surface area contributed by atoms with Crippen molar-refractivity contribution in [3.05, 3.63) is 34.6 Å². The standard InChI is InChI=1S/C19H22O6/c1-8-4-5-11-14(10(8)3)17-15(16(11)20)12(19(22)25-17)7-23-13-6-9(2)18(21)24-13/h6-8,10,13,15-17,20H,4-5H2,1-3H3/b12-7+/t8?,10?,13-,15+,16-,17-/m1/s1. The minimum Gasteiger partial charge on any atom is -0.458 e. The molecule has 1 saturated heterocycles. The fraction of sp³-hybridized carbons (Fsp3) is 0.579. The topological polar surface area (TPSA) is 82.1 Å². The molecular formula is C19H22O6. The van der Waals surface area contributed by atoms with Crippen molar-refractivity contribution in [1.82, 2.24) is 0 Å². The van der Waals surface area contributed by atoms with Gasteiger partial charge in [-0.3, -0.25) is 0 Å². The number of hydrogen-bond acceptors (Lipinski definition) is 6. The van der Waals surface area contributed by atoms with Crippen molar-refractivity contribution >= 4 is 11.9 Å². The lowest BCUT2D eigenvalue weighted by Gasteiger charge is -2.30. The van der Waals surface area contributed by atoms with Crippen molar-refractivity contribution in [3.8, 4) is 0 Å². The smallest absolute Gasteiger partial charge is 0.338 e. The number of rotatable bonds is 2. The molecule has 0 aromatic rings. The monoisotopic (exact) mass is 346 g/mol. The first-order valence-corrected chi connectivity index (χ1v) is 8.75. The summed E-state index contributed by atoms with van der Waals surface area (Å²) in [7, 11) is 0. The maximum atomic E-state index is 12.3. The van der Waals surface area contributed by atoms with Crippen LogP contribution < -0.4 is 0 Å². The van der Waals surface area contributed by atoms with E-state index >= 15 is 0 Å². The van der Waals surface area contributed by atoms with Crippen molar-refractivity contribution in [2.45, 2.75) is 52.1 Å². The number of hydrogen-bond donors (Lipinski definition) is 1. The van der Waals surface area contributed by atoms with Crippen molar-refractivity contribution in [2.75, 3.05) is 0 Å². The normalized spacial score (nSPS) is 41.4. The van der Waals surface area contributed by atoms with E-state index in [1.54, 1.807) is 13.0 Å². The van der Waals surface area contributed by atoms with E-state index in [-0.39, 0.29) is 5.92 Å². The molecule has 0 spiro atoms. The van der Waals surface area contributed by atoms with Gasteiger partial charge in [-0.25, -0.2) is 9.59 Å². The zero-order valence-corrected chi connectivity index (χ0v) is 14.5. The Balaban J connectivity index is 1.58. The maximum absolute atomic E-state index is 12.3. The highest BCUT2D eigenvalue weighted by Crippen LogP contribution is 2.51. The third-order valence-electron chi connectivity index (χ3n) is 6.00. The zero-order valence-electron chi connectivity index (χ0n) is 14.5. The molecule has 0 radical (unpaired) electrons. The fourth-order valence-corrected chi connectivity index (χ4v) is 4.34. The molecule has 1 N–H and O–H groups in total. The van der Waals surface area contributed by atoms with Crippen LogP contribution in [0.1, 0.15) is 33.6 Å². The molecule has 25 heavy (non-hydrogen) atoms. The van der Waals surface area contributed by atoms with E-state index in [1.807, 2.05) is 0 Å². The second kappa shape index (κ2) is 5.73. The molecule has 2 aliphatic carbocycles. The summed E-state index contributed by atoms with van der Waals surface area (Å²) in [6.45, 7) is 5.96. The van der Waals surface area contributed by atoms with Crippen LogP contribution in [-0.2, 0) is 23.8 Å². The van der Waals surface area contributed by atoms with E-state index in [0.29, 0.717) is 17.1 Å². The van der Waals surface area contributed by atoms with Gasteiger partial charge in [-0.15, -0.1) is 0 Å². The average Bonchev–Trinajstić information content (AvgIpc) is 3.15. The number of carbonyl (C=O) groups is 2. The molecule has 0 bridgehead atoms. The second-order valence-electron chi connectivity index (χ2n) is 7.41. The van der Waals surface area contributed by atoms with Gasteiger partial charge in [0.05, 0.1) is 23.9 Å². The highest BCUT2D eigenvalue weighted by atomic mass is 16.7. The van der Waals surface area contributed by atoms with Crippen LogP contribution in [0.2, 0.25) is 0 Å². The van der Waals surface area contributed by atoms with Gasteiger partial charge in [-0.05, 0) is 42.7 Å². The number of ether oxygens (including phenoxy) is 3. The van der Waals surface area contributed by atoms with E-state index in [9.17, 15) is 14.7 Å². The van der Waals surface area contributed by atoms with Gasteiger partial charge >= 0.3 is 11.9 Å². The zero-order chi connectivity index (χ0) is 17.9. The molecule has 2 aliphatic heterocycles. The Kier molecular flexibility index (Phi) is 3.76. The third-order valence-corrected chi connectivity index (χ3v) is 6.00. The number of cyclic esters (lactones) is 1. The maximum Gasteiger partial charge on any atom is 0.338 e. The van der Waals surface area contributed by atoms with Crippen LogP contribution in [0.3, 0.4) is 0 Å². The largest absolute Gasteiger partial charge is 0.458 e. The Bertz CT molecular complexity index is 730. The van der Waals surface area contributed by atoms with Gasteiger partial charge in [0.25, 0.3) is 6.29 Å². The van der Waals surface area contributed by atoms with Gasteiger partial charge in [0.1, 0.15) is 6.10 Å². The minimum absolute atomic E-state index is 0.280. The van der Waals surface area contributed by atoms with Crippen LogP contribution in [0.4, 0.5) is 0 Å². The Morgan fingerprint density at radius 2 is 2.00 bits per heavy atom. The van der Waals surface area contributed by atoms with Gasteiger partial charge in [-0.2, -0.15) is 0 Å². The fourth-order valence-electron chi connectivity index (χ4n) is 4.34. The van der Waals surface area contributed by atoms with E-state index in [4.69, 9.17) is 14.2 Å². The molecule has 2 unspecified atom stereocenters. The predicted octanol–water partition coefficient (Wildman–Crippen LogP) is 1.99. The molecule has 134 valence electrons. The number of aliphatic hydroxyl groups is 1. The van der Waals surface area contributed by atoms with Crippen molar-refractivity contribution < 1.29 is 28.9 Å². The Hall–Kier alpha value is -2.08. The molecule has 6 nitrogen and oxygen atoms in total. The van der Waals surface area contributed by atoms with Gasteiger partial charge in [0, 0.05) is 11.6 Å². The van der Waals surface area contributed by atoms with Gasteiger partial charge in [-0.1, -0.05) is 13.8 Å². The summed E-state index contributed by atoms with van der Waals surface area (Å²) in [6.07, 6.45) is 2.73. The summed E-state index contributed by atoms with van der Waals surface area (Å²) in [6, 6.07) is 0. The highest BCUT2D eigenvalue weighted by molar-refractivity contribution is 5.92. The van der Waals surface area contributed by atoms with E-state index in [2.05, 4.69) is 13.8 Å². The van der Waals surface area contributed by atoms with E-state index < -0.39 is 36.4 Å². The second-order valence-corrected chi connectivity index (χ2v) is 7.41.